The molecule has 2 rings (SSSR count). The molecule has 0 amide bonds. The van der Waals surface area contributed by atoms with E-state index in [1.165, 1.54) is 17.0 Å². The highest BCUT2D eigenvalue weighted by Gasteiger charge is 2.14. The van der Waals surface area contributed by atoms with E-state index in [2.05, 4.69) is 31.9 Å². The van der Waals surface area contributed by atoms with Crippen LogP contribution in [0.5, 0.6) is 0 Å². The summed E-state index contributed by atoms with van der Waals surface area (Å²) < 4.78 is 15.0. The highest BCUT2D eigenvalue weighted by atomic mass is 79.9. The third-order valence-electron chi connectivity index (χ3n) is 2.43. The van der Waals surface area contributed by atoms with Crippen molar-refractivity contribution in [1.29, 1.82) is 0 Å². The molecule has 1 aromatic heterocycles. The molecular weight excluding hydrogens is 369 g/mol. The Labute approximate surface area is 120 Å². The lowest BCUT2D eigenvalue weighted by molar-refractivity contribution is 0.623. The van der Waals surface area contributed by atoms with E-state index >= 15 is 0 Å². The smallest absolute Gasteiger partial charge is 0.124 e. The summed E-state index contributed by atoms with van der Waals surface area (Å²) in [5, 5.41) is 0. The fourth-order valence-electron chi connectivity index (χ4n) is 1.55. The number of aryl methyl sites for hydroxylation is 1. The molecule has 0 aliphatic rings. The Balaban J connectivity index is 2.39. The van der Waals surface area contributed by atoms with Crippen molar-refractivity contribution >= 4 is 43.2 Å². The minimum absolute atomic E-state index is 0.280. The van der Waals surface area contributed by atoms with Crippen LogP contribution in [0.4, 0.5) is 4.39 Å². The molecule has 5 heteroatoms. The summed E-state index contributed by atoms with van der Waals surface area (Å²) in [6, 6.07) is 6.43. The van der Waals surface area contributed by atoms with Gasteiger partial charge in [-0.3, -0.25) is 0 Å². The third-order valence-corrected chi connectivity index (χ3v) is 5.10. The van der Waals surface area contributed by atoms with E-state index in [9.17, 15) is 4.39 Å². The van der Waals surface area contributed by atoms with E-state index in [1.54, 1.807) is 11.3 Å². The van der Waals surface area contributed by atoms with E-state index < -0.39 is 0 Å². The second-order valence-electron chi connectivity index (χ2n) is 3.73. The lowest BCUT2D eigenvalue weighted by Gasteiger charge is -2.10. The van der Waals surface area contributed by atoms with Crippen LogP contribution < -0.4 is 5.73 Å². The molecule has 1 nitrogen and oxygen atoms in total. The Bertz CT molecular complexity index is 514. The maximum absolute atomic E-state index is 13.3. The Morgan fingerprint density at radius 1 is 1.24 bits per heavy atom. The molecule has 1 unspecified atom stereocenters. The molecular formula is C12H10Br2FNS. The quantitative estimate of drug-likeness (QED) is 0.800. The zero-order valence-electron chi connectivity index (χ0n) is 9.01. The van der Waals surface area contributed by atoms with Crippen LogP contribution in [0.1, 0.15) is 21.4 Å². The summed E-state index contributed by atoms with van der Waals surface area (Å²) in [5.41, 5.74) is 6.91. The molecule has 90 valence electrons. The topological polar surface area (TPSA) is 26.0 Å². The minimum Gasteiger partial charge on any atom is -0.320 e. The molecule has 0 saturated carbocycles. The van der Waals surface area contributed by atoms with Crippen LogP contribution in [-0.2, 0) is 0 Å². The molecule has 0 aliphatic heterocycles. The first-order valence-corrected chi connectivity index (χ1v) is 7.35. The molecule has 0 bridgehead atoms. The summed E-state index contributed by atoms with van der Waals surface area (Å²) in [5.74, 6) is -0.280. The van der Waals surface area contributed by atoms with Crippen molar-refractivity contribution in [2.45, 2.75) is 13.0 Å². The SMILES string of the molecule is Cc1sc(C(N)c2cc(F)cc(Br)c2)cc1Br. The van der Waals surface area contributed by atoms with Crippen molar-refractivity contribution in [2.24, 2.45) is 5.73 Å². The molecule has 17 heavy (non-hydrogen) atoms. The summed E-state index contributed by atoms with van der Waals surface area (Å²) >= 11 is 8.35. The van der Waals surface area contributed by atoms with E-state index in [1.807, 2.05) is 19.1 Å². The van der Waals surface area contributed by atoms with E-state index in [0.29, 0.717) is 4.47 Å². The molecule has 0 saturated heterocycles. The van der Waals surface area contributed by atoms with Gasteiger partial charge in [-0.1, -0.05) is 15.9 Å². The van der Waals surface area contributed by atoms with Gasteiger partial charge in [-0.05, 0) is 52.7 Å². The van der Waals surface area contributed by atoms with E-state index in [-0.39, 0.29) is 11.9 Å². The maximum atomic E-state index is 13.3. The zero-order valence-corrected chi connectivity index (χ0v) is 13.0. The van der Waals surface area contributed by atoms with Gasteiger partial charge in [0.1, 0.15) is 5.82 Å². The maximum Gasteiger partial charge on any atom is 0.124 e. The first-order chi connectivity index (χ1) is 7.97. The van der Waals surface area contributed by atoms with Gasteiger partial charge in [0, 0.05) is 18.7 Å². The number of hydrogen-bond donors (Lipinski definition) is 1. The second-order valence-corrected chi connectivity index (χ2v) is 6.79. The number of thiophene rings is 1. The van der Waals surface area contributed by atoms with Gasteiger partial charge in [0.05, 0.1) is 6.04 Å². The summed E-state index contributed by atoms with van der Waals surface area (Å²) in [6.07, 6.45) is 0. The van der Waals surface area contributed by atoms with Gasteiger partial charge in [0.25, 0.3) is 0 Å². The van der Waals surface area contributed by atoms with Gasteiger partial charge >= 0.3 is 0 Å². The van der Waals surface area contributed by atoms with Gasteiger partial charge in [-0.2, -0.15) is 0 Å². The van der Waals surface area contributed by atoms with Gasteiger partial charge in [-0.25, -0.2) is 4.39 Å². The zero-order chi connectivity index (χ0) is 12.6. The van der Waals surface area contributed by atoms with Crippen molar-refractivity contribution < 1.29 is 4.39 Å². The molecule has 1 aromatic carbocycles. The van der Waals surface area contributed by atoms with Crippen molar-refractivity contribution in [1.82, 2.24) is 0 Å². The number of benzene rings is 1. The fourth-order valence-corrected chi connectivity index (χ4v) is 3.63. The Morgan fingerprint density at radius 3 is 2.47 bits per heavy atom. The summed E-state index contributed by atoms with van der Waals surface area (Å²) in [4.78, 5) is 2.19. The van der Waals surface area contributed by atoms with Crippen LogP contribution in [-0.4, -0.2) is 0 Å². The van der Waals surface area contributed by atoms with Crippen LogP contribution in [0, 0.1) is 12.7 Å². The van der Waals surface area contributed by atoms with Crippen molar-refractivity contribution in [3.63, 3.8) is 0 Å². The van der Waals surface area contributed by atoms with Crippen LogP contribution in [0.15, 0.2) is 33.2 Å². The van der Waals surface area contributed by atoms with E-state index in [0.717, 1.165) is 14.9 Å². The van der Waals surface area contributed by atoms with Crippen LogP contribution in [0.3, 0.4) is 0 Å². The standard InChI is InChI=1S/C12H10Br2FNS/c1-6-10(14)5-11(17-6)12(16)7-2-8(13)4-9(15)3-7/h2-5,12H,16H2,1H3. The average Bonchev–Trinajstić information content (AvgIpc) is 2.57. The lowest BCUT2D eigenvalue weighted by Crippen LogP contribution is -2.10. The number of hydrogen-bond acceptors (Lipinski definition) is 2. The summed E-state index contributed by atoms with van der Waals surface area (Å²) in [6.45, 7) is 2.02. The van der Waals surface area contributed by atoms with Crippen molar-refractivity contribution in [3.05, 3.63) is 54.3 Å². The largest absolute Gasteiger partial charge is 0.320 e. The fraction of sp³-hybridized carbons (Fsp3) is 0.167. The first-order valence-electron chi connectivity index (χ1n) is 4.95. The van der Waals surface area contributed by atoms with E-state index in [4.69, 9.17) is 5.73 Å². The summed E-state index contributed by atoms with van der Waals surface area (Å²) in [7, 11) is 0. The lowest BCUT2D eigenvalue weighted by atomic mass is 10.1. The highest BCUT2D eigenvalue weighted by molar-refractivity contribution is 9.10. The van der Waals surface area contributed by atoms with Crippen LogP contribution in [0.25, 0.3) is 0 Å². The molecule has 0 aliphatic carbocycles. The molecule has 1 heterocycles. The van der Waals surface area contributed by atoms with Crippen LogP contribution in [0.2, 0.25) is 0 Å². The normalized spacial score (nSPS) is 12.8. The van der Waals surface area contributed by atoms with Gasteiger partial charge < -0.3 is 5.73 Å². The molecule has 2 aromatic rings. The Kier molecular flexibility index (Phi) is 4.02. The predicted octanol–water partition coefficient (Wildman–Crippen LogP) is 4.77. The van der Waals surface area contributed by atoms with Gasteiger partial charge in [0.15, 0.2) is 0 Å². The van der Waals surface area contributed by atoms with Crippen LogP contribution >= 0.6 is 43.2 Å². The average molecular weight is 379 g/mol. The van der Waals surface area contributed by atoms with Gasteiger partial charge in [0.2, 0.25) is 0 Å². The molecule has 0 spiro atoms. The molecule has 0 radical (unpaired) electrons. The highest BCUT2D eigenvalue weighted by Crippen LogP contribution is 2.33. The monoisotopic (exact) mass is 377 g/mol. The van der Waals surface area contributed by atoms with Crippen molar-refractivity contribution in [3.8, 4) is 0 Å². The molecule has 1 atom stereocenters. The predicted molar refractivity (Wildman–Crippen MR) is 76.9 cm³/mol. The molecule has 0 fully saturated rings. The number of rotatable bonds is 2. The molecule has 2 N–H and O–H groups in total. The number of halogens is 3. The Morgan fingerprint density at radius 2 is 1.94 bits per heavy atom. The number of nitrogens with two attached hydrogens (primary N) is 1. The second kappa shape index (κ2) is 5.18. The first kappa shape index (κ1) is 13.2. The van der Waals surface area contributed by atoms with Gasteiger partial charge in [-0.15, -0.1) is 11.3 Å². The minimum atomic E-state index is -0.294. The third kappa shape index (κ3) is 2.96. The van der Waals surface area contributed by atoms with Crippen molar-refractivity contribution in [2.75, 3.05) is 0 Å². The Hall–Kier alpha value is -0.230.